The molecule has 0 radical (unpaired) electrons. The molecule has 0 saturated carbocycles. The van der Waals surface area contributed by atoms with Gasteiger partial charge in [0, 0.05) is 20.1 Å². The van der Waals surface area contributed by atoms with Crippen molar-refractivity contribution in [1.29, 1.82) is 0 Å². The van der Waals surface area contributed by atoms with Crippen LogP contribution in [0.2, 0.25) is 0 Å². The first-order chi connectivity index (χ1) is 7.78. The van der Waals surface area contributed by atoms with Crippen LogP contribution in [0.5, 0.6) is 0 Å². The third-order valence-corrected chi connectivity index (χ3v) is 3.21. The first kappa shape index (κ1) is 14.2. The van der Waals surface area contributed by atoms with Crippen molar-refractivity contribution in [2.45, 2.75) is 34.1 Å². The third kappa shape index (κ3) is 3.28. The molecule has 0 aliphatic heterocycles. The molecule has 1 aromatic carbocycles. The number of rotatable bonds is 5. The van der Waals surface area contributed by atoms with Crippen LogP contribution in [0.1, 0.15) is 34.1 Å². The highest BCUT2D eigenvalue weighted by molar-refractivity contribution is 7.71. The average Bonchev–Trinajstić information content (AvgIpc) is 2.24. The molecule has 96 valence electrons. The highest BCUT2D eigenvalue weighted by Gasteiger charge is 2.21. The number of hydrogen-bond donors (Lipinski definition) is 1. The summed E-state index contributed by atoms with van der Waals surface area (Å²) in [7, 11) is 1.96. The summed E-state index contributed by atoms with van der Waals surface area (Å²) in [4.78, 5) is 13.7. The summed E-state index contributed by atoms with van der Waals surface area (Å²) in [5, 5.41) is 3.17. The van der Waals surface area contributed by atoms with E-state index in [4.69, 9.17) is 12.2 Å². The molecule has 0 aliphatic rings. The van der Waals surface area contributed by atoms with Crippen LogP contribution in [0.15, 0.2) is 4.79 Å². The molecule has 17 heavy (non-hydrogen) atoms. The van der Waals surface area contributed by atoms with E-state index < -0.39 is 0 Å². The fourth-order valence-corrected chi connectivity index (χ4v) is 1.97. The summed E-state index contributed by atoms with van der Waals surface area (Å²) in [6, 6.07) is 0. The molecule has 0 fully saturated rings. The van der Waals surface area contributed by atoms with Gasteiger partial charge in [0.05, 0.1) is 5.69 Å². The minimum Gasteiger partial charge on any atom is -0.382 e. The second-order valence-corrected chi connectivity index (χ2v) is 6.05. The van der Waals surface area contributed by atoms with Gasteiger partial charge in [-0.05, 0) is 18.8 Å². The third-order valence-electron chi connectivity index (χ3n) is 2.82. The summed E-state index contributed by atoms with van der Waals surface area (Å²) >= 11 is 5.05. The molecular weight excluding hydrogens is 232 g/mol. The Morgan fingerprint density at radius 2 is 1.94 bits per heavy atom. The van der Waals surface area contributed by atoms with Crippen molar-refractivity contribution in [3.63, 3.8) is 0 Å². The highest BCUT2D eigenvalue weighted by atomic mass is 32.1. The second kappa shape index (κ2) is 5.17. The molecule has 0 aromatic heterocycles. The Labute approximate surface area is 109 Å². The van der Waals surface area contributed by atoms with E-state index in [-0.39, 0.29) is 10.8 Å². The maximum Gasteiger partial charge on any atom is 0.224 e. The van der Waals surface area contributed by atoms with E-state index >= 15 is 0 Å². The smallest absolute Gasteiger partial charge is 0.224 e. The quantitative estimate of drug-likeness (QED) is 0.819. The molecule has 0 amide bonds. The molecule has 0 unspecified atom stereocenters. The standard InChI is InChI=1S/C13H22N2OS/c1-6-14-9-10(11(16)12(9)17)15(5)8-7-13(2,3)4/h14H,6-8H2,1-5H3. The van der Waals surface area contributed by atoms with Gasteiger partial charge in [0.2, 0.25) is 5.43 Å². The summed E-state index contributed by atoms with van der Waals surface area (Å²) in [5.41, 5.74) is 1.89. The summed E-state index contributed by atoms with van der Waals surface area (Å²) in [6.07, 6.45) is 1.05. The lowest BCUT2D eigenvalue weighted by Crippen LogP contribution is -2.32. The van der Waals surface area contributed by atoms with Crippen molar-refractivity contribution < 1.29 is 0 Å². The maximum absolute atomic E-state index is 11.7. The van der Waals surface area contributed by atoms with Crippen molar-refractivity contribution in [3.05, 3.63) is 14.7 Å². The van der Waals surface area contributed by atoms with Crippen molar-refractivity contribution >= 4 is 23.6 Å². The van der Waals surface area contributed by atoms with Gasteiger partial charge in [0.15, 0.2) is 0 Å². The Hall–Kier alpha value is -0.900. The van der Waals surface area contributed by atoms with Gasteiger partial charge in [0.25, 0.3) is 0 Å². The van der Waals surface area contributed by atoms with Gasteiger partial charge < -0.3 is 10.2 Å². The van der Waals surface area contributed by atoms with Gasteiger partial charge in [-0.15, -0.1) is 0 Å². The molecule has 1 rings (SSSR count). The predicted octanol–water partition coefficient (Wildman–Crippen LogP) is 2.96. The van der Waals surface area contributed by atoms with E-state index in [1.165, 1.54) is 0 Å². The van der Waals surface area contributed by atoms with Gasteiger partial charge >= 0.3 is 0 Å². The van der Waals surface area contributed by atoms with Gasteiger partial charge in [-0.25, -0.2) is 0 Å². The minimum absolute atomic E-state index is 0.00681. The molecule has 1 N–H and O–H groups in total. The second-order valence-electron chi connectivity index (χ2n) is 5.64. The zero-order valence-electron chi connectivity index (χ0n) is 11.4. The molecule has 1 aromatic rings. The molecular formula is C13H22N2OS. The van der Waals surface area contributed by atoms with Crippen LogP contribution in [0, 0.1) is 9.93 Å². The van der Waals surface area contributed by atoms with Gasteiger partial charge in [-0.3, -0.25) is 4.79 Å². The zero-order valence-corrected chi connectivity index (χ0v) is 12.2. The average molecular weight is 254 g/mol. The van der Waals surface area contributed by atoms with E-state index in [9.17, 15) is 4.79 Å². The normalized spacial score (nSPS) is 11.8. The lowest BCUT2D eigenvalue weighted by Gasteiger charge is -2.27. The van der Waals surface area contributed by atoms with Crippen LogP contribution < -0.4 is 15.6 Å². The van der Waals surface area contributed by atoms with E-state index in [0.29, 0.717) is 4.51 Å². The van der Waals surface area contributed by atoms with Crippen molar-refractivity contribution in [1.82, 2.24) is 0 Å². The monoisotopic (exact) mass is 254 g/mol. The van der Waals surface area contributed by atoms with Crippen LogP contribution in [0.3, 0.4) is 0 Å². The SMILES string of the molecule is CCNc1c(N(C)CCC(C)(C)C)c(=O)c1=S. The fraction of sp³-hybridized carbons (Fsp3) is 0.692. The Kier molecular flexibility index (Phi) is 4.31. The molecule has 3 nitrogen and oxygen atoms in total. The van der Waals surface area contributed by atoms with Crippen LogP contribution >= 0.6 is 12.2 Å². The lowest BCUT2D eigenvalue weighted by molar-refractivity contribution is 0.381. The molecule has 0 heterocycles. The van der Waals surface area contributed by atoms with E-state index in [2.05, 4.69) is 26.1 Å². The molecule has 0 bridgehead atoms. The largest absolute Gasteiger partial charge is 0.382 e. The van der Waals surface area contributed by atoms with Gasteiger partial charge in [-0.2, -0.15) is 0 Å². The number of anilines is 2. The maximum atomic E-state index is 11.7. The number of nitrogens with zero attached hydrogens (tertiary/aromatic N) is 1. The van der Waals surface area contributed by atoms with Crippen LogP contribution in [0.4, 0.5) is 11.4 Å². The first-order valence-electron chi connectivity index (χ1n) is 6.06. The molecule has 4 heteroatoms. The Morgan fingerprint density at radius 3 is 2.41 bits per heavy atom. The van der Waals surface area contributed by atoms with Crippen LogP contribution in [0.25, 0.3) is 0 Å². The van der Waals surface area contributed by atoms with E-state index in [0.717, 1.165) is 30.9 Å². The Bertz CT molecular complexity index is 452. The predicted molar refractivity (Wildman–Crippen MR) is 77.4 cm³/mol. The fourth-order valence-electron chi connectivity index (χ4n) is 1.70. The van der Waals surface area contributed by atoms with Gasteiger partial charge in [-0.1, -0.05) is 33.0 Å². The van der Waals surface area contributed by atoms with E-state index in [1.54, 1.807) is 0 Å². The number of hydrogen-bond acceptors (Lipinski definition) is 4. The van der Waals surface area contributed by atoms with Crippen LogP contribution in [-0.4, -0.2) is 20.1 Å². The molecule has 0 aliphatic carbocycles. The Morgan fingerprint density at radius 1 is 1.35 bits per heavy atom. The summed E-state index contributed by atoms with van der Waals surface area (Å²) in [6.45, 7) is 10.3. The lowest BCUT2D eigenvalue weighted by atomic mass is 9.92. The molecule has 0 spiro atoms. The topological polar surface area (TPSA) is 32.3 Å². The van der Waals surface area contributed by atoms with Gasteiger partial charge in [0.1, 0.15) is 10.2 Å². The zero-order chi connectivity index (χ0) is 13.2. The van der Waals surface area contributed by atoms with Crippen LogP contribution in [-0.2, 0) is 0 Å². The highest BCUT2D eigenvalue weighted by Crippen LogP contribution is 2.27. The Balaban J connectivity index is 2.76. The summed E-state index contributed by atoms with van der Waals surface area (Å²) < 4.78 is 0.449. The summed E-state index contributed by atoms with van der Waals surface area (Å²) in [5.74, 6) is 0. The van der Waals surface area contributed by atoms with Crippen molar-refractivity contribution in [2.24, 2.45) is 5.41 Å². The number of nitrogens with one attached hydrogen (secondary N) is 1. The minimum atomic E-state index is 0.00681. The first-order valence-corrected chi connectivity index (χ1v) is 6.47. The van der Waals surface area contributed by atoms with E-state index in [1.807, 2.05) is 18.9 Å². The molecule has 0 saturated heterocycles. The molecule has 0 atom stereocenters. The van der Waals surface area contributed by atoms with Crippen molar-refractivity contribution in [3.8, 4) is 0 Å². The van der Waals surface area contributed by atoms with Crippen molar-refractivity contribution in [2.75, 3.05) is 30.4 Å².